The van der Waals surface area contributed by atoms with Crippen molar-refractivity contribution in [3.05, 3.63) is 0 Å². The minimum absolute atomic E-state index is 0.112. The molecule has 1 aliphatic rings. The summed E-state index contributed by atoms with van der Waals surface area (Å²) in [5.74, 6) is -1.26. The van der Waals surface area contributed by atoms with E-state index in [1.807, 2.05) is 0 Å². The van der Waals surface area contributed by atoms with E-state index in [0.29, 0.717) is 0 Å². The Morgan fingerprint density at radius 2 is 2.44 bits per heavy atom. The number of urea groups is 1. The summed E-state index contributed by atoms with van der Waals surface area (Å²) in [5.41, 5.74) is 0. The van der Waals surface area contributed by atoms with Crippen LogP contribution in [0, 0.1) is 0 Å². The Balaban J connectivity index is 2.48. The Labute approximate surface area is 51.0 Å². The number of nitrogens with one attached hydrogen (secondary N) is 2. The predicted molar refractivity (Wildman–Crippen MR) is 25.3 cm³/mol. The lowest BCUT2D eigenvalue weighted by molar-refractivity contribution is -0.307. The molecule has 0 saturated carbocycles. The SMILES string of the molecule is O=C1NCC(C(=O)[O-])N1. The molecule has 9 heavy (non-hydrogen) atoms. The van der Waals surface area contributed by atoms with Gasteiger partial charge in [0.25, 0.3) is 0 Å². The monoisotopic (exact) mass is 129 g/mol. The quantitative estimate of drug-likeness (QED) is 0.408. The molecule has 0 radical (unpaired) electrons. The van der Waals surface area contributed by atoms with Crippen LogP contribution in [0.1, 0.15) is 0 Å². The van der Waals surface area contributed by atoms with Gasteiger partial charge < -0.3 is 20.5 Å². The van der Waals surface area contributed by atoms with Crippen LogP contribution in [0.4, 0.5) is 4.79 Å². The second kappa shape index (κ2) is 1.93. The molecule has 1 unspecified atom stereocenters. The van der Waals surface area contributed by atoms with Gasteiger partial charge in [-0.25, -0.2) is 4.79 Å². The van der Waals surface area contributed by atoms with Gasteiger partial charge in [-0.2, -0.15) is 0 Å². The van der Waals surface area contributed by atoms with Crippen molar-refractivity contribution >= 4 is 12.0 Å². The molecule has 2 N–H and O–H groups in total. The molecule has 0 aromatic heterocycles. The molecule has 1 atom stereocenters. The van der Waals surface area contributed by atoms with Crippen molar-refractivity contribution in [3.63, 3.8) is 0 Å². The lowest BCUT2D eigenvalue weighted by atomic mass is 10.3. The van der Waals surface area contributed by atoms with Crippen LogP contribution in [0.5, 0.6) is 0 Å². The lowest BCUT2D eigenvalue weighted by Gasteiger charge is -2.07. The first-order valence-corrected chi connectivity index (χ1v) is 2.45. The van der Waals surface area contributed by atoms with Crippen LogP contribution in [-0.2, 0) is 4.79 Å². The summed E-state index contributed by atoms with van der Waals surface area (Å²) in [5, 5.41) is 14.4. The first kappa shape index (κ1) is 5.87. The summed E-state index contributed by atoms with van der Waals surface area (Å²) in [6.45, 7) is 0.112. The number of hydrogen-bond donors (Lipinski definition) is 2. The van der Waals surface area contributed by atoms with E-state index in [2.05, 4.69) is 10.6 Å². The van der Waals surface area contributed by atoms with E-state index < -0.39 is 18.0 Å². The van der Waals surface area contributed by atoms with Crippen molar-refractivity contribution in [2.45, 2.75) is 6.04 Å². The first-order valence-electron chi connectivity index (χ1n) is 2.45. The number of hydrogen-bond acceptors (Lipinski definition) is 3. The van der Waals surface area contributed by atoms with Gasteiger partial charge in [-0.3, -0.25) is 0 Å². The summed E-state index contributed by atoms with van der Waals surface area (Å²) in [6.07, 6.45) is 0. The van der Waals surface area contributed by atoms with Crippen molar-refractivity contribution in [1.29, 1.82) is 0 Å². The van der Waals surface area contributed by atoms with Crippen molar-refractivity contribution in [1.82, 2.24) is 10.6 Å². The molecule has 0 aromatic rings. The zero-order valence-corrected chi connectivity index (χ0v) is 4.51. The molecule has 1 heterocycles. The Bertz CT molecular complexity index is 156. The maximum absolute atomic E-state index is 10.2. The Morgan fingerprint density at radius 3 is 2.67 bits per heavy atom. The van der Waals surface area contributed by atoms with Gasteiger partial charge in [-0.1, -0.05) is 0 Å². The highest BCUT2D eigenvalue weighted by Gasteiger charge is 2.19. The number of amides is 2. The van der Waals surface area contributed by atoms with Crippen LogP contribution in [0.25, 0.3) is 0 Å². The molecule has 5 nitrogen and oxygen atoms in total. The third-order valence-corrected chi connectivity index (χ3v) is 1.06. The molecule has 0 bridgehead atoms. The van der Waals surface area contributed by atoms with Crippen LogP contribution < -0.4 is 15.7 Å². The number of carboxylic acids is 1. The molecular weight excluding hydrogens is 124 g/mol. The largest absolute Gasteiger partial charge is 0.548 e. The third kappa shape index (κ3) is 1.10. The second-order valence-corrected chi connectivity index (χ2v) is 1.73. The fourth-order valence-electron chi connectivity index (χ4n) is 0.597. The van der Waals surface area contributed by atoms with E-state index >= 15 is 0 Å². The smallest absolute Gasteiger partial charge is 0.315 e. The van der Waals surface area contributed by atoms with E-state index in [1.54, 1.807) is 0 Å². The molecule has 0 aliphatic carbocycles. The molecule has 50 valence electrons. The fraction of sp³-hybridized carbons (Fsp3) is 0.500. The summed E-state index contributed by atoms with van der Waals surface area (Å²) in [4.78, 5) is 20.2. The van der Waals surface area contributed by atoms with Crippen molar-refractivity contribution < 1.29 is 14.7 Å². The van der Waals surface area contributed by atoms with Crippen molar-refractivity contribution in [2.75, 3.05) is 6.54 Å². The topological polar surface area (TPSA) is 81.3 Å². The molecule has 2 amide bonds. The Hall–Kier alpha value is -1.26. The second-order valence-electron chi connectivity index (χ2n) is 1.73. The maximum Gasteiger partial charge on any atom is 0.315 e. The fourth-order valence-corrected chi connectivity index (χ4v) is 0.597. The van der Waals surface area contributed by atoms with Crippen LogP contribution >= 0.6 is 0 Å². The summed E-state index contributed by atoms with van der Waals surface area (Å²) < 4.78 is 0. The number of carbonyl (C=O) groups excluding carboxylic acids is 2. The molecule has 1 saturated heterocycles. The van der Waals surface area contributed by atoms with Gasteiger partial charge in [0.2, 0.25) is 0 Å². The van der Waals surface area contributed by atoms with Crippen LogP contribution in [-0.4, -0.2) is 24.6 Å². The average Bonchev–Trinajstić information content (AvgIpc) is 2.14. The molecule has 1 fully saturated rings. The van der Waals surface area contributed by atoms with Crippen LogP contribution in [0.2, 0.25) is 0 Å². The highest BCUT2D eigenvalue weighted by molar-refractivity contribution is 5.85. The molecular formula is C4H5N2O3-. The first-order chi connectivity index (χ1) is 4.20. The van der Waals surface area contributed by atoms with Crippen LogP contribution in [0.15, 0.2) is 0 Å². The summed E-state index contributed by atoms with van der Waals surface area (Å²) >= 11 is 0. The van der Waals surface area contributed by atoms with Gasteiger partial charge >= 0.3 is 6.03 Å². The van der Waals surface area contributed by atoms with E-state index in [9.17, 15) is 14.7 Å². The predicted octanol–water partition coefficient (Wildman–Crippen LogP) is -2.58. The van der Waals surface area contributed by atoms with Gasteiger partial charge in [0.1, 0.15) is 0 Å². The highest BCUT2D eigenvalue weighted by Crippen LogP contribution is 1.86. The van der Waals surface area contributed by atoms with Gasteiger partial charge in [-0.15, -0.1) is 0 Å². The summed E-state index contributed by atoms with van der Waals surface area (Å²) in [6, 6.07) is -1.32. The Morgan fingerprint density at radius 1 is 1.78 bits per heavy atom. The molecule has 1 rings (SSSR count). The molecule has 5 heteroatoms. The maximum atomic E-state index is 10.2. The van der Waals surface area contributed by atoms with E-state index in [4.69, 9.17) is 0 Å². The number of rotatable bonds is 1. The zero-order chi connectivity index (χ0) is 6.85. The minimum atomic E-state index is -1.26. The van der Waals surface area contributed by atoms with E-state index in [0.717, 1.165) is 0 Å². The number of carbonyl (C=O) groups is 2. The zero-order valence-electron chi connectivity index (χ0n) is 4.51. The average molecular weight is 129 g/mol. The number of carboxylic acid groups (broad SMARTS) is 1. The van der Waals surface area contributed by atoms with Crippen molar-refractivity contribution in [3.8, 4) is 0 Å². The normalized spacial score (nSPS) is 24.9. The molecule has 0 aromatic carbocycles. The standard InChI is InChI=1S/C4H6N2O3/c7-3(8)2-1-5-4(9)6-2/h2H,1H2,(H,7,8)(H2,5,6,9)/p-1. The van der Waals surface area contributed by atoms with E-state index in [-0.39, 0.29) is 6.54 Å². The molecule has 1 aliphatic heterocycles. The molecule has 0 spiro atoms. The van der Waals surface area contributed by atoms with Gasteiger partial charge in [0.05, 0.1) is 12.0 Å². The van der Waals surface area contributed by atoms with Gasteiger partial charge in [0.15, 0.2) is 0 Å². The minimum Gasteiger partial charge on any atom is -0.548 e. The third-order valence-electron chi connectivity index (χ3n) is 1.06. The van der Waals surface area contributed by atoms with Gasteiger partial charge in [0, 0.05) is 6.54 Å². The van der Waals surface area contributed by atoms with Crippen LogP contribution in [0.3, 0.4) is 0 Å². The van der Waals surface area contributed by atoms with E-state index in [1.165, 1.54) is 0 Å². The summed E-state index contributed by atoms with van der Waals surface area (Å²) in [7, 11) is 0. The lowest BCUT2D eigenvalue weighted by Crippen LogP contribution is -2.44. The van der Waals surface area contributed by atoms with Crippen molar-refractivity contribution in [2.24, 2.45) is 0 Å². The number of aliphatic carboxylic acids is 1. The van der Waals surface area contributed by atoms with Gasteiger partial charge in [-0.05, 0) is 0 Å². The Kier molecular flexibility index (Phi) is 1.26. The highest BCUT2D eigenvalue weighted by atomic mass is 16.4.